The molecule has 6 heteroatoms. The van der Waals surface area contributed by atoms with Gasteiger partial charge in [-0.15, -0.1) is 0 Å². The van der Waals surface area contributed by atoms with Crippen LogP contribution in [0.4, 0.5) is 0 Å². The molecule has 3 aromatic rings. The average molecular weight is 444 g/mol. The van der Waals surface area contributed by atoms with Gasteiger partial charge >= 0.3 is 0 Å². The molecule has 33 heavy (non-hydrogen) atoms. The Labute approximate surface area is 196 Å². The van der Waals surface area contributed by atoms with Crippen LogP contribution in [0.5, 0.6) is 5.75 Å². The van der Waals surface area contributed by atoms with Crippen LogP contribution in [0.1, 0.15) is 61.8 Å². The van der Waals surface area contributed by atoms with Crippen LogP contribution < -0.4 is 15.4 Å². The number of hydrogen-bond donors (Lipinski definition) is 2. The number of rotatable bonds is 6. The van der Waals surface area contributed by atoms with Gasteiger partial charge in [-0.25, -0.2) is 9.98 Å². The van der Waals surface area contributed by atoms with Crippen molar-refractivity contribution in [3.63, 3.8) is 0 Å². The van der Waals surface area contributed by atoms with Crippen LogP contribution in [0.3, 0.4) is 0 Å². The molecule has 5 rings (SSSR count). The van der Waals surface area contributed by atoms with E-state index in [0.29, 0.717) is 6.54 Å². The first kappa shape index (κ1) is 21.6. The van der Waals surface area contributed by atoms with Crippen LogP contribution in [-0.2, 0) is 13.1 Å². The molecular formula is C27H33N5O. The van der Waals surface area contributed by atoms with E-state index in [1.807, 2.05) is 18.7 Å². The highest BCUT2D eigenvalue weighted by atomic mass is 16.5. The Hall–Kier alpha value is -3.28. The van der Waals surface area contributed by atoms with E-state index in [-0.39, 0.29) is 11.6 Å². The van der Waals surface area contributed by atoms with Gasteiger partial charge in [-0.05, 0) is 49.8 Å². The van der Waals surface area contributed by atoms with Gasteiger partial charge < -0.3 is 19.9 Å². The molecule has 1 fully saturated rings. The molecule has 1 unspecified atom stereocenters. The van der Waals surface area contributed by atoms with Gasteiger partial charge in [0.1, 0.15) is 11.4 Å². The van der Waals surface area contributed by atoms with Crippen LogP contribution in [0.15, 0.2) is 72.2 Å². The van der Waals surface area contributed by atoms with Crippen molar-refractivity contribution in [3.05, 3.63) is 83.9 Å². The summed E-state index contributed by atoms with van der Waals surface area (Å²) in [6.07, 6.45) is 11.4. The molecule has 0 saturated heterocycles. The first-order valence-electron chi connectivity index (χ1n) is 12.1. The molecule has 0 amide bonds. The third kappa shape index (κ3) is 5.05. The topological polar surface area (TPSA) is 63.5 Å². The molecule has 2 heterocycles. The molecule has 0 bridgehead atoms. The lowest BCUT2D eigenvalue weighted by molar-refractivity contribution is 0.0396. The zero-order valence-corrected chi connectivity index (χ0v) is 19.3. The van der Waals surface area contributed by atoms with E-state index < -0.39 is 0 Å². The summed E-state index contributed by atoms with van der Waals surface area (Å²) in [5.74, 6) is 1.87. The Bertz CT molecular complexity index is 1090. The van der Waals surface area contributed by atoms with Gasteiger partial charge in [-0.1, -0.05) is 42.5 Å². The Kier molecular flexibility index (Phi) is 6.33. The quantitative estimate of drug-likeness (QED) is 0.423. The van der Waals surface area contributed by atoms with Crippen molar-refractivity contribution in [1.29, 1.82) is 0 Å². The molecule has 6 nitrogen and oxygen atoms in total. The maximum atomic E-state index is 6.53. The van der Waals surface area contributed by atoms with Crippen molar-refractivity contribution >= 4 is 5.96 Å². The lowest BCUT2D eigenvalue weighted by Gasteiger charge is -2.40. The molecule has 2 N–H and O–H groups in total. The lowest BCUT2D eigenvalue weighted by atomic mass is 9.86. The van der Waals surface area contributed by atoms with E-state index in [9.17, 15) is 0 Å². The van der Waals surface area contributed by atoms with Crippen LogP contribution in [0.25, 0.3) is 0 Å². The maximum Gasteiger partial charge on any atom is 0.192 e. The minimum Gasteiger partial charge on any atom is -0.487 e. The fourth-order valence-electron chi connectivity index (χ4n) is 5.15. The van der Waals surface area contributed by atoms with Gasteiger partial charge in [0.2, 0.25) is 0 Å². The predicted octanol–water partition coefficient (Wildman–Crippen LogP) is 4.82. The lowest BCUT2D eigenvalue weighted by Crippen LogP contribution is -2.46. The van der Waals surface area contributed by atoms with E-state index in [1.165, 1.54) is 29.5 Å². The van der Waals surface area contributed by atoms with Crippen LogP contribution in [-0.4, -0.2) is 27.7 Å². The Morgan fingerprint density at radius 1 is 1.15 bits per heavy atom. The highest BCUT2D eigenvalue weighted by Gasteiger charge is 2.43. The average Bonchev–Trinajstić information content (AvgIpc) is 3.50. The number of aliphatic imine (C=N–C) groups is 1. The molecule has 1 aromatic heterocycles. The second-order valence-corrected chi connectivity index (χ2v) is 9.18. The van der Waals surface area contributed by atoms with E-state index in [1.54, 1.807) is 0 Å². The number of para-hydroxylation sites is 1. The molecule has 1 aliphatic heterocycles. The van der Waals surface area contributed by atoms with Gasteiger partial charge in [0.05, 0.1) is 18.9 Å². The highest BCUT2D eigenvalue weighted by molar-refractivity contribution is 5.80. The van der Waals surface area contributed by atoms with Crippen molar-refractivity contribution in [2.45, 2.75) is 63.8 Å². The largest absolute Gasteiger partial charge is 0.487 e. The number of guanidine groups is 1. The van der Waals surface area contributed by atoms with Crippen LogP contribution in [0, 0.1) is 0 Å². The Balaban J connectivity index is 1.33. The number of benzene rings is 2. The second kappa shape index (κ2) is 9.69. The minimum atomic E-state index is -0.0367. The number of fused-ring (bicyclic) bond motifs is 1. The molecule has 1 saturated carbocycles. The van der Waals surface area contributed by atoms with Crippen molar-refractivity contribution < 1.29 is 4.74 Å². The second-order valence-electron chi connectivity index (χ2n) is 9.18. The summed E-state index contributed by atoms with van der Waals surface area (Å²) in [5, 5.41) is 7.18. The van der Waals surface area contributed by atoms with Crippen LogP contribution in [0.2, 0.25) is 0 Å². The van der Waals surface area contributed by atoms with Crippen molar-refractivity contribution in [2.24, 2.45) is 4.99 Å². The molecular weight excluding hydrogens is 410 g/mol. The third-order valence-corrected chi connectivity index (χ3v) is 6.70. The third-order valence-electron chi connectivity index (χ3n) is 6.70. The number of ether oxygens (including phenoxy) is 1. The van der Waals surface area contributed by atoms with Crippen molar-refractivity contribution in [3.8, 4) is 5.75 Å². The maximum absolute atomic E-state index is 6.53. The van der Waals surface area contributed by atoms with Gasteiger partial charge in [-0.2, -0.15) is 0 Å². The summed E-state index contributed by atoms with van der Waals surface area (Å²) in [7, 11) is 0. The van der Waals surface area contributed by atoms with Crippen LogP contribution >= 0.6 is 0 Å². The molecule has 1 atom stereocenters. The molecule has 2 aliphatic rings. The summed E-state index contributed by atoms with van der Waals surface area (Å²) in [4.78, 5) is 9.07. The highest BCUT2D eigenvalue weighted by Crippen LogP contribution is 2.46. The number of nitrogens with zero attached hydrogens (tertiary/aromatic N) is 3. The smallest absolute Gasteiger partial charge is 0.192 e. The number of nitrogens with one attached hydrogen (secondary N) is 2. The summed E-state index contributed by atoms with van der Waals surface area (Å²) >= 11 is 0. The first-order chi connectivity index (χ1) is 16.2. The molecule has 2 aromatic carbocycles. The van der Waals surface area contributed by atoms with Gasteiger partial charge in [0, 0.05) is 37.5 Å². The standard InChI is InChI=1S/C27H33N5O/c1-2-29-26(30-18-21-8-7-9-22(16-21)19-32-15-14-28-20-32)31-24-17-27(12-5-6-13-27)33-25-11-4-3-10-23(24)25/h3-4,7-11,14-16,20,24H,2,5-6,12-13,17-19H2,1H3,(H2,29,30,31). The molecule has 172 valence electrons. The Morgan fingerprint density at radius 2 is 2.00 bits per heavy atom. The van der Waals surface area contributed by atoms with Crippen molar-refractivity contribution in [2.75, 3.05) is 6.54 Å². The zero-order valence-electron chi connectivity index (χ0n) is 19.3. The Morgan fingerprint density at radius 3 is 2.82 bits per heavy atom. The normalized spacial score (nSPS) is 19.2. The summed E-state index contributed by atoms with van der Waals surface area (Å²) in [6.45, 7) is 4.38. The minimum absolute atomic E-state index is 0.0367. The number of imidazole rings is 1. The predicted molar refractivity (Wildman–Crippen MR) is 131 cm³/mol. The van der Waals surface area contributed by atoms with E-state index >= 15 is 0 Å². The summed E-state index contributed by atoms with van der Waals surface area (Å²) < 4.78 is 8.61. The SMILES string of the molecule is CCNC(=NCc1cccc(Cn2ccnc2)c1)NC1CC2(CCCC2)Oc2ccccc21. The fraction of sp³-hybridized carbons (Fsp3) is 0.407. The molecule has 0 radical (unpaired) electrons. The monoisotopic (exact) mass is 443 g/mol. The van der Waals surface area contributed by atoms with Gasteiger partial charge in [-0.3, -0.25) is 0 Å². The molecule has 1 spiro atoms. The van der Waals surface area contributed by atoms with Gasteiger partial charge in [0.15, 0.2) is 5.96 Å². The molecule has 1 aliphatic carbocycles. The van der Waals surface area contributed by atoms with E-state index in [4.69, 9.17) is 9.73 Å². The van der Waals surface area contributed by atoms with E-state index in [0.717, 1.165) is 44.1 Å². The van der Waals surface area contributed by atoms with Gasteiger partial charge in [0.25, 0.3) is 0 Å². The summed E-state index contributed by atoms with van der Waals surface area (Å²) in [6, 6.07) is 17.3. The number of aromatic nitrogens is 2. The van der Waals surface area contributed by atoms with Crippen molar-refractivity contribution in [1.82, 2.24) is 20.2 Å². The fourth-order valence-corrected chi connectivity index (χ4v) is 5.15. The van der Waals surface area contributed by atoms with E-state index in [2.05, 4.69) is 75.6 Å². The number of hydrogen-bond acceptors (Lipinski definition) is 3. The first-order valence-corrected chi connectivity index (χ1v) is 12.1. The zero-order chi connectivity index (χ0) is 22.5. The summed E-state index contributed by atoms with van der Waals surface area (Å²) in [5.41, 5.74) is 3.64.